The van der Waals surface area contributed by atoms with Gasteiger partial charge in [0, 0.05) is 57.6 Å². The molecule has 11 nitrogen and oxygen atoms in total. The lowest BCUT2D eigenvalue weighted by atomic mass is 9.96. The Morgan fingerprint density at radius 2 is 1.82 bits per heavy atom. The van der Waals surface area contributed by atoms with E-state index in [4.69, 9.17) is 11.6 Å². The van der Waals surface area contributed by atoms with Crippen LogP contribution in [0.15, 0.2) is 36.5 Å². The van der Waals surface area contributed by atoms with E-state index in [2.05, 4.69) is 20.4 Å². The first-order valence-electron chi connectivity index (χ1n) is 13.9. The molecule has 0 radical (unpaired) electrons. The molecule has 3 N–H and O–H groups in total. The van der Waals surface area contributed by atoms with Gasteiger partial charge in [-0.25, -0.2) is 13.8 Å². The molecule has 2 aromatic carbocycles. The second kappa shape index (κ2) is 13.2. The molecule has 3 heterocycles. The van der Waals surface area contributed by atoms with Crippen molar-refractivity contribution in [3.63, 3.8) is 0 Å². The Hall–Kier alpha value is -4.14. The van der Waals surface area contributed by atoms with Crippen LogP contribution in [0.3, 0.4) is 0 Å². The minimum Gasteiger partial charge on any atom is -0.460 e. The average Bonchev–Trinajstić information content (AvgIpc) is 3.40. The smallest absolute Gasteiger partial charge is 0.291 e. The van der Waals surface area contributed by atoms with Crippen molar-refractivity contribution in [2.24, 2.45) is 13.0 Å². The van der Waals surface area contributed by atoms with Crippen molar-refractivity contribution in [3.05, 3.63) is 64.6 Å². The number of rotatable bonds is 7. The van der Waals surface area contributed by atoms with E-state index in [1.165, 1.54) is 42.1 Å². The van der Waals surface area contributed by atoms with Crippen LogP contribution in [-0.2, 0) is 11.8 Å². The Bertz CT molecular complexity index is 1580. The van der Waals surface area contributed by atoms with Gasteiger partial charge in [0.25, 0.3) is 11.8 Å². The Balaban J connectivity index is 1.21. The number of piperidine rings is 1. The van der Waals surface area contributed by atoms with Gasteiger partial charge in [-0.1, -0.05) is 11.6 Å². The van der Waals surface area contributed by atoms with Crippen LogP contribution in [0.1, 0.15) is 27.4 Å². The quantitative estimate of drug-likeness (QED) is 0.365. The van der Waals surface area contributed by atoms with Gasteiger partial charge in [-0.15, -0.1) is 0 Å². The number of aromatic nitrogens is 2. The van der Waals surface area contributed by atoms with E-state index in [1.54, 1.807) is 9.80 Å². The molecule has 2 unspecified atom stereocenters. The normalized spacial score (nSPS) is 18.7. The van der Waals surface area contributed by atoms with Crippen LogP contribution in [0.2, 0.25) is 5.02 Å². The number of β-amino-alcohol motifs (C(OH)–C–C–N with tert-alkyl or cyclic N) is 1. The number of hydrogen-bond donors (Lipinski definition) is 3. The van der Waals surface area contributed by atoms with Crippen LogP contribution in [0, 0.1) is 17.6 Å². The molecule has 234 valence electrons. The fourth-order valence-corrected chi connectivity index (χ4v) is 5.65. The number of benzene rings is 2. The number of aliphatic hydroxyl groups excluding tert-OH is 1. The van der Waals surface area contributed by atoms with Gasteiger partial charge in [0.05, 0.1) is 34.5 Å². The van der Waals surface area contributed by atoms with Crippen LogP contribution in [0.4, 0.5) is 18.9 Å². The first kappa shape index (κ1) is 31.3. The van der Waals surface area contributed by atoms with Gasteiger partial charge in [0.2, 0.25) is 18.6 Å². The zero-order valence-corrected chi connectivity index (χ0v) is 24.4. The van der Waals surface area contributed by atoms with Crippen LogP contribution in [-0.4, -0.2) is 94.4 Å². The van der Waals surface area contributed by atoms with Crippen LogP contribution in [0.5, 0.6) is 5.75 Å². The number of aliphatic hydroxyl groups is 1. The zero-order chi connectivity index (χ0) is 31.5. The summed E-state index contributed by atoms with van der Waals surface area (Å²) in [5.74, 6) is -4.69. The highest BCUT2D eigenvalue weighted by Crippen LogP contribution is 2.30. The van der Waals surface area contributed by atoms with Crippen molar-refractivity contribution in [1.82, 2.24) is 24.7 Å². The van der Waals surface area contributed by atoms with Crippen molar-refractivity contribution < 1.29 is 37.4 Å². The Labute approximate surface area is 255 Å². The molecule has 3 amide bonds. The van der Waals surface area contributed by atoms with Crippen molar-refractivity contribution in [2.45, 2.75) is 12.5 Å². The standard InChI is InChI=1S/C29H30ClF3N6O5/c1-37-22(20-4-5-23(44-15-31)25(33)24(20)32)14-35-26(37)27(41)36-17-2-3-19(21(30)11-17)29(43)39-8-6-38(7-9-39)28(42)16-10-18(40)13-34-12-16/h2-5,11,14,16,18,34,40H,6-10,12-13,15H2,1H3,(H,36,41). The monoisotopic (exact) mass is 634 g/mol. The summed E-state index contributed by atoms with van der Waals surface area (Å²) >= 11 is 6.42. The minimum absolute atomic E-state index is 0.0419. The molecule has 2 fully saturated rings. The highest BCUT2D eigenvalue weighted by Gasteiger charge is 2.32. The van der Waals surface area contributed by atoms with E-state index < -0.39 is 36.3 Å². The van der Waals surface area contributed by atoms with Crippen LogP contribution >= 0.6 is 11.6 Å². The van der Waals surface area contributed by atoms with Gasteiger partial charge in [-0.05, 0) is 36.8 Å². The number of amides is 3. The molecule has 2 aliphatic heterocycles. The summed E-state index contributed by atoms with van der Waals surface area (Å²) in [6.07, 6.45) is 1.05. The van der Waals surface area contributed by atoms with E-state index in [1.807, 2.05) is 0 Å². The van der Waals surface area contributed by atoms with E-state index in [0.717, 1.165) is 6.07 Å². The summed E-state index contributed by atoms with van der Waals surface area (Å²) in [6, 6.07) is 6.66. The number of hydrogen-bond acceptors (Lipinski definition) is 7. The molecule has 0 bridgehead atoms. The highest BCUT2D eigenvalue weighted by molar-refractivity contribution is 6.34. The lowest BCUT2D eigenvalue weighted by Crippen LogP contribution is -2.54. The van der Waals surface area contributed by atoms with Crippen molar-refractivity contribution >= 4 is 35.0 Å². The number of nitrogens with zero attached hydrogens (tertiary/aromatic N) is 4. The Morgan fingerprint density at radius 3 is 2.50 bits per heavy atom. The van der Waals surface area contributed by atoms with Crippen molar-refractivity contribution in [3.8, 4) is 17.0 Å². The fourth-order valence-electron chi connectivity index (χ4n) is 5.39. The maximum Gasteiger partial charge on any atom is 0.291 e. The van der Waals surface area contributed by atoms with Gasteiger partial charge < -0.3 is 34.8 Å². The molecule has 0 saturated carbocycles. The number of carbonyl (C=O) groups is 3. The topological polar surface area (TPSA) is 129 Å². The summed E-state index contributed by atoms with van der Waals surface area (Å²) in [5.41, 5.74) is 0.376. The second-order valence-electron chi connectivity index (χ2n) is 10.5. The van der Waals surface area contributed by atoms with E-state index in [-0.39, 0.29) is 51.1 Å². The third-order valence-corrected chi connectivity index (χ3v) is 8.05. The summed E-state index contributed by atoms with van der Waals surface area (Å²) in [4.78, 5) is 46.4. The van der Waals surface area contributed by atoms with Crippen molar-refractivity contribution in [2.75, 3.05) is 51.4 Å². The van der Waals surface area contributed by atoms with Gasteiger partial charge in [-0.2, -0.15) is 4.39 Å². The van der Waals surface area contributed by atoms with Crippen LogP contribution in [0.25, 0.3) is 11.3 Å². The lowest BCUT2D eigenvalue weighted by molar-refractivity contribution is -0.138. The minimum atomic E-state index is -1.37. The number of halogens is 4. The van der Waals surface area contributed by atoms with Gasteiger partial charge in [0.15, 0.2) is 17.4 Å². The summed E-state index contributed by atoms with van der Waals surface area (Å²) in [7, 11) is 1.44. The summed E-state index contributed by atoms with van der Waals surface area (Å²) < 4.78 is 47.0. The third-order valence-electron chi connectivity index (χ3n) is 7.74. The lowest BCUT2D eigenvalue weighted by Gasteiger charge is -2.37. The largest absolute Gasteiger partial charge is 0.460 e. The van der Waals surface area contributed by atoms with Gasteiger partial charge >= 0.3 is 0 Å². The molecule has 0 aliphatic carbocycles. The first-order chi connectivity index (χ1) is 21.1. The van der Waals surface area contributed by atoms with Gasteiger partial charge in [-0.3, -0.25) is 14.4 Å². The predicted molar refractivity (Wildman–Crippen MR) is 154 cm³/mol. The number of anilines is 1. The molecule has 5 rings (SSSR count). The van der Waals surface area contributed by atoms with Crippen molar-refractivity contribution in [1.29, 1.82) is 0 Å². The highest BCUT2D eigenvalue weighted by atomic mass is 35.5. The average molecular weight is 635 g/mol. The molecule has 44 heavy (non-hydrogen) atoms. The Kier molecular flexibility index (Phi) is 9.42. The van der Waals surface area contributed by atoms with E-state index >= 15 is 0 Å². The van der Waals surface area contributed by atoms with E-state index in [0.29, 0.717) is 45.7 Å². The van der Waals surface area contributed by atoms with Gasteiger partial charge in [0.1, 0.15) is 0 Å². The molecule has 2 saturated heterocycles. The molecule has 3 aromatic rings. The number of ether oxygens (including phenoxy) is 1. The number of imidazole rings is 1. The molecule has 2 aliphatic rings. The molecule has 1 aromatic heterocycles. The molecule has 15 heteroatoms. The summed E-state index contributed by atoms with van der Waals surface area (Å²) in [6.45, 7) is 1.02. The maximum atomic E-state index is 14.6. The number of piperazine rings is 1. The molecule has 0 spiro atoms. The Morgan fingerprint density at radius 1 is 1.09 bits per heavy atom. The predicted octanol–water partition coefficient (Wildman–Crippen LogP) is 2.83. The number of nitrogens with one attached hydrogen (secondary N) is 2. The zero-order valence-electron chi connectivity index (χ0n) is 23.7. The number of carbonyl (C=O) groups excluding carboxylic acids is 3. The molecular weight excluding hydrogens is 605 g/mol. The maximum absolute atomic E-state index is 14.6. The summed E-state index contributed by atoms with van der Waals surface area (Å²) in [5, 5.41) is 15.6. The molecule has 2 atom stereocenters. The fraction of sp³-hybridized carbons (Fsp3) is 0.379. The SMILES string of the molecule is Cn1c(-c2ccc(OCF)c(F)c2F)cnc1C(=O)Nc1ccc(C(=O)N2CCN(C(=O)C3CNCC(O)C3)CC2)c(Cl)c1. The second-order valence-corrected chi connectivity index (χ2v) is 10.9. The number of alkyl halides is 1. The first-order valence-corrected chi connectivity index (χ1v) is 14.2. The van der Waals surface area contributed by atoms with E-state index in [9.17, 15) is 32.7 Å². The molecular formula is C29H30ClF3N6O5. The van der Waals surface area contributed by atoms with Crippen LogP contribution < -0.4 is 15.4 Å². The third kappa shape index (κ3) is 6.37.